The van der Waals surface area contributed by atoms with Gasteiger partial charge in [-0.05, 0) is 116 Å². The number of esters is 2. The van der Waals surface area contributed by atoms with E-state index in [1.807, 2.05) is 6.92 Å². The van der Waals surface area contributed by atoms with Gasteiger partial charge in [-0.25, -0.2) is 0 Å². The summed E-state index contributed by atoms with van der Waals surface area (Å²) in [6, 6.07) is 0. The Morgan fingerprint density at radius 1 is 0.703 bits per heavy atom. The SMILES string of the molecule is CCc1c2[nH]c(c1C)/C=C1\N/C(=C3\c4[nH]c(c(C)c4C(=O)[C@@H]3C(=O)OC)/C=c3\[nH]/c(c(C)c3CC)=C\2)[C@@H](CCC(=O)OCC[C@@H](C)CCC[C@H](C)CCC[C@H](C)CCCC(C)C)[C@@H]1C. The summed E-state index contributed by atoms with van der Waals surface area (Å²) in [7, 11) is 1.34. The van der Waals surface area contributed by atoms with Gasteiger partial charge in [-0.15, -0.1) is 0 Å². The van der Waals surface area contributed by atoms with E-state index in [0.29, 0.717) is 35.8 Å². The van der Waals surface area contributed by atoms with Gasteiger partial charge >= 0.3 is 11.9 Å². The normalized spacial score (nSPS) is 22.3. The molecule has 9 heteroatoms. The molecule has 1 fully saturated rings. The summed E-state index contributed by atoms with van der Waals surface area (Å²) in [5.41, 5.74) is 12.1. The Bertz CT molecular complexity index is 2350. The molecule has 0 amide bonds. The van der Waals surface area contributed by atoms with Gasteiger partial charge in [0.1, 0.15) is 5.92 Å². The number of nitrogens with one attached hydrogen (secondary N) is 4. The Morgan fingerprint density at radius 2 is 1.30 bits per heavy atom. The van der Waals surface area contributed by atoms with Gasteiger partial charge in [-0.2, -0.15) is 0 Å². The number of methoxy groups -OCH3 is 1. The standard InChI is InChI=1S/C55H80N4O5/c1-13-39-35(8)42-28-44-37(10)41(24-25-48(60)64-27-26-34(7)23-17-22-33(6)21-16-20-32(5)19-15-18-31(3)4)52(58-44)50-51(55(62)63-12)54(61)49-38(11)45(59-53(49)50)30-47-40(14-2)36(9)43(57-47)29-46(39)56-42/h28-34,37,41,51,56-59H,13-27H2,1-12H3/b43-29-,44-28-,47-30-,52-50-/t32-,33-,34+,37+,41+,51-/m1/s1. The number of aromatic amines is 3. The number of hydrogen-bond donors (Lipinski definition) is 4. The molecule has 8 bridgehead atoms. The predicted molar refractivity (Wildman–Crippen MR) is 261 cm³/mol. The Hall–Kier alpha value is -4.53. The molecule has 0 unspecified atom stereocenters. The number of ether oxygens (including phenoxy) is 2. The van der Waals surface area contributed by atoms with E-state index in [1.165, 1.54) is 80.7 Å². The minimum absolute atomic E-state index is 0.0499. The highest BCUT2D eigenvalue weighted by molar-refractivity contribution is 6.24. The molecule has 6 atom stereocenters. The van der Waals surface area contributed by atoms with Crippen molar-refractivity contribution in [3.8, 4) is 0 Å². The fourth-order valence-corrected chi connectivity index (χ4v) is 10.9. The number of fused-ring (bicyclic) bond motifs is 7. The smallest absolute Gasteiger partial charge is 0.321 e. The van der Waals surface area contributed by atoms with E-state index in [4.69, 9.17) is 9.47 Å². The van der Waals surface area contributed by atoms with Gasteiger partial charge in [0.25, 0.3) is 0 Å². The third-order valence-corrected chi connectivity index (χ3v) is 15.1. The van der Waals surface area contributed by atoms with E-state index in [0.717, 1.165) is 88.2 Å². The van der Waals surface area contributed by atoms with Crippen LogP contribution in [-0.2, 0) is 31.9 Å². The Morgan fingerprint density at radius 3 is 1.91 bits per heavy atom. The second-order valence-corrected chi connectivity index (χ2v) is 20.3. The van der Waals surface area contributed by atoms with Gasteiger partial charge in [0.15, 0.2) is 5.78 Å². The van der Waals surface area contributed by atoms with Crippen LogP contribution in [0.4, 0.5) is 0 Å². The van der Waals surface area contributed by atoms with Crippen LogP contribution in [0.3, 0.4) is 0 Å². The van der Waals surface area contributed by atoms with Crippen molar-refractivity contribution in [1.82, 2.24) is 20.3 Å². The summed E-state index contributed by atoms with van der Waals surface area (Å²) in [6.07, 6.45) is 21.5. The first kappa shape index (κ1) is 48.9. The van der Waals surface area contributed by atoms with Crippen LogP contribution in [0.1, 0.15) is 193 Å². The molecule has 64 heavy (non-hydrogen) atoms. The highest BCUT2D eigenvalue weighted by Gasteiger charge is 2.48. The van der Waals surface area contributed by atoms with Gasteiger partial charge in [-0.3, -0.25) is 14.4 Å². The van der Waals surface area contributed by atoms with Crippen LogP contribution < -0.4 is 16.0 Å². The number of rotatable bonds is 21. The fourth-order valence-electron chi connectivity index (χ4n) is 10.9. The number of aromatic nitrogens is 3. The molecule has 2 aliphatic heterocycles. The van der Waals surface area contributed by atoms with Crippen LogP contribution >= 0.6 is 0 Å². The third-order valence-electron chi connectivity index (χ3n) is 15.1. The van der Waals surface area contributed by atoms with E-state index in [2.05, 4.69) is 108 Å². The molecule has 350 valence electrons. The molecule has 9 nitrogen and oxygen atoms in total. The zero-order valence-electron chi connectivity index (χ0n) is 41.4. The first-order chi connectivity index (χ1) is 30.6. The van der Waals surface area contributed by atoms with E-state index < -0.39 is 11.9 Å². The number of ketones is 1. The summed E-state index contributed by atoms with van der Waals surface area (Å²) < 4.78 is 11.2. The summed E-state index contributed by atoms with van der Waals surface area (Å²) in [5.74, 6) is 0.449. The monoisotopic (exact) mass is 877 g/mol. The van der Waals surface area contributed by atoms with Gasteiger partial charge in [0, 0.05) is 68.6 Å². The van der Waals surface area contributed by atoms with Crippen molar-refractivity contribution in [1.29, 1.82) is 0 Å². The molecule has 0 spiro atoms. The average molecular weight is 877 g/mol. The topological polar surface area (TPSA) is 129 Å². The van der Waals surface area contributed by atoms with Gasteiger partial charge < -0.3 is 29.7 Å². The van der Waals surface area contributed by atoms with Crippen LogP contribution in [0.2, 0.25) is 0 Å². The van der Waals surface area contributed by atoms with Crippen LogP contribution in [0.5, 0.6) is 0 Å². The Labute approximate surface area is 383 Å². The highest BCUT2D eigenvalue weighted by atomic mass is 16.5. The van der Waals surface area contributed by atoms with Gasteiger partial charge in [0.05, 0.1) is 19.4 Å². The molecule has 5 heterocycles. The molecule has 3 aromatic rings. The largest absolute Gasteiger partial charge is 0.468 e. The number of hydrogen-bond acceptors (Lipinski definition) is 6. The molecule has 6 rings (SSSR count). The van der Waals surface area contributed by atoms with Crippen LogP contribution in [0.25, 0.3) is 23.8 Å². The molecule has 1 saturated heterocycles. The van der Waals surface area contributed by atoms with Crippen molar-refractivity contribution in [3.05, 3.63) is 78.2 Å². The minimum atomic E-state index is -1.12. The van der Waals surface area contributed by atoms with E-state index >= 15 is 0 Å². The van der Waals surface area contributed by atoms with E-state index in [9.17, 15) is 14.4 Å². The quantitative estimate of drug-likeness (QED) is 0.0623. The van der Waals surface area contributed by atoms with Crippen molar-refractivity contribution in [3.63, 3.8) is 0 Å². The van der Waals surface area contributed by atoms with Crippen LogP contribution in [0, 0.1) is 62.2 Å². The summed E-state index contributed by atoms with van der Waals surface area (Å²) in [4.78, 5) is 52.6. The molecular weight excluding hydrogens is 797 g/mol. The number of Topliss-reactive ketones (excluding diaryl/α,β-unsaturated/α-hetero) is 1. The van der Waals surface area contributed by atoms with Crippen molar-refractivity contribution < 1.29 is 23.9 Å². The molecular formula is C55H80N4O5. The zero-order chi connectivity index (χ0) is 46.4. The molecule has 0 radical (unpaired) electrons. The number of carbonyl (C=O) groups excluding carboxylic acids is 3. The van der Waals surface area contributed by atoms with E-state index in [1.54, 1.807) is 0 Å². The van der Waals surface area contributed by atoms with Crippen LogP contribution in [0.15, 0.2) is 11.4 Å². The lowest BCUT2D eigenvalue weighted by molar-refractivity contribution is -0.144. The average Bonchev–Trinajstić information content (AvgIpc) is 3.99. The first-order valence-electron chi connectivity index (χ1n) is 24.9. The maximum absolute atomic E-state index is 14.4. The Balaban J connectivity index is 1.19. The lowest BCUT2D eigenvalue weighted by atomic mass is 9.85. The number of allylic oxidation sites excluding steroid dienone is 2. The Kier molecular flexibility index (Phi) is 16.5. The maximum atomic E-state index is 14.4. The minimum Gasteiger partial charge on any atom is -0.468 e. The summed E-state index contributed by atoms with van der Waals surface area (Å²) in [6.45, 7) is 24.9. The van der Waals surface area contributed by atoms with Crippen molar-refractivity contribution in [2.75, 3.05) is 13.7 Å². The lowest BCUT2D eigenvalue weighted by Crippen LogP contribution is -2.25. The second-order valence-electron chi connectivity index (χ2n) is 20.3. The maximum Gasteiger partial charge on any atom is 0.321 e. The third kappa shape index (κ3) is 10.8. The summed E-state index contributed by atoms with van der Waals surface area (Å²) >= 11 is 0. The van der Waals surface area contributed by atoms with Gasteiger partial charge in [0.2, 0.25) is 0 Å². The molecule has 1 aliphatic carbocycles. The lowest BCUT2D eigenvalue weighted by Gasteiger charge is -2.20. The second kappa shape index (κ2) is 21.6. The predicted octanol–water partition coefficient (Wildman–Crippen LogP) is 11.1. The number of carbonyl (C=O) groups is 3. The molecule has 0 aromatic carbocycles. The van der Waals surface area contributed by atoms with Crippen molar-refractivity contribution in [2.24, 2.45) is 41.4 Å². The van der Waals surface area contributed by atoms with Crippen LogP contribution in [-0.4, -0.2) is 46.4 Å². The molecule has 3 aliphatic rings. The molecule has 3 aromatic heterocycles. The molecule has 4 N–H and O–H groups in total. The molecule has 0 saturated carbocycles. The van der Waals surface area contributed by atoms with Crippen molar-refractivity contribution >= 4 is 41.5 Å². The fraction of sp³-hybridized carbons (Fsp3) is 0.618. The zero-order valence-corrected chi connectivity index (χ0v) is 41.4. The van der Waals surface area contributed by atoms with Gasteiger partial charge in [-0.1, -0.05) is 113 Å². The first-order valence-corrected chi connectivity index (χ1v) is 24.9. The number of H-pyrrole nitrogens is 3. The highest BCUT2D eigenvalue weighted by Crippen LogP contribution is 2.48. The summed E-state index contributed by atoms with van der Waals surface area (Å²) in [5, 5.41) is 5.78. The van der Waals surface area contributed by atoms with Crippen molar-refractivity contribution in [2.45, 2.75) is 166 Å². The van der Waals surface area contributed by atoms with E-state index in [-0.39, 0.29) is 30.0 Å².